The Morgan fingerprint density at radius 2 is 1.89 bits per heavy atom. The van der Waals surface area contributed by atoms with Crippen LogP contribution >= 0.6 is 22.9 Å². The summed E-state index contributed by atoms with van der Waals surface area (Å²) in [6.45, 7) is 0. The van der Waals surface area contributed by atoms with Gasteiger partial charge in [0.15, 0.2) is 0 Å². The first-order valence-corrected chi connectivity index (χ1v) is 9.56. The van der Waals surface area contributed by atoms with Crippen molar-refractivity contribution in [3.05, 3.63) is 95.6 Å². The van der Waals surface area contributed by atoms with Gasteiger partial charge in [-0.05, 0) is 35.4 Å². The van der Waals surface area contributed by atoms with Crippen molar-refractivity contribution in [2.75, 3.05) is 7.11 Å². The number of rotatable bonds is 4. The highest BCUT2D eigenvalue weighted by Gasteiger charge is 2.12. The van der Waals surface area contributed by atoms with Gasteiger partial charge < -0.3 is 4.74 Å². The maximum Gasteiger partial charge on any atom is 0.296 e. The highest BCUT2D eigenvalue weighted by Crippen LogP contribution is 2.17. The zero-order valence-corrected chi connectivity index (χ0v) is 16.3. The molecule has 0 fully saturated rings. The van der Waals surface area contributed by atoms with E-state index < -0.39 is 5.56 Å². The number of ether oxygens (including phenoxy) is 1. The maximum atomic E-state index is 12.7. The zero-order valence-electron chi connectivity index (χ0n) is 14.8. The van der Waals surface area contributed by atoms with Gasteiger partial charge in [-0.1, -0.05) is 53.3 Å². The van der Waals surface area contributed by atoms with Gasteiger partial charge in [-0.3, -0.25) is 9.59 Å². The summed E-state index contributed by atoms with van der Waals surface area (Å²) in [4.78, 5) is 29.4. The van der Waals surface area contributed by atoms with Crippen LogP contribution in [-0.4, -0.2) is 21.7 Å². The van der Waals surface area contributed by atoms with Gasteiger partial charge in [0.2, 0.25) is 4.96 Å². The van der Waals surface area contributed by atoms with Crippen molar-refractivity contribution in [2.45, 2.75) is 6.42 Å². The van der Waals surface area contributed by atoms with Crippen molar-refractivity contribution >= 4 is 34.0 Å². The molecule has 0 spiro atoms. The minimum Gasteiger partial charge on any atom is -0.497 e. The van der Waals surface area contributed by atoms with Crippen molar-refractivity contribution in [3.8, 4) is 5.75 Å². The molecular weight excluding hydrogens is 398 g/mol. The molecule has 0 aliphatic rings. The molecule has 0 saturated heterocycles. The second-order valence-corrected chi connectivity index (χ2v) is 7.43. The summed E-state index contributed by atoms with van der Waals surface area (Å²) in [5.74, 6) is 0.730. The molecule has 8 heteroatoms. The molecule has 0 aliphatic heterocycles. The highest BCUT2D eigenvalue weighted by molar-refractivity contribution is 7.15. The average molecular weight is 412 g/mol. The number of thiazole rings is 1. The number of halogens is 1. The Balaban J connectivity index is 1.79. The number of aromatic nitrogens is 3. The van der Waals surface area contributed by atoms with Crippen molar-refractivity contribution in [1.29, 1.82) is 0 Å². The van der Waals surface area contributed by atoms with E-state index in [0.29, 0.717) is 9.55 Å². The molecule has 0 N–H and O–H groups in total. The number of hydrogen-bond donors (Lipinski definition) is 0. The normalized spacial score (nSPS) is 11.9. The first-order chi connectivity index (χ1) is 13.5. The van der Waals surface area contributed by atoms with Gasteiger partial charge in [0.1, 0.15) is 11.4 Å². The molecule has 6 nitrogen and oxygen atoms in total. The van der Waals surface area contributed by atoms with Gasteiger partial charge >= 0.3 is 0 Å². The number of nitrogens with zero attached hydrogens (tertiary/aromatic N) is 3. The first kappa shape index (κ1) is 18.3. The lowest BCUT2D eigenvalue weighted by Crippen LogP contribution is -2.28. The van der Waals surface area contributed by atoms with Crippen LogP contribution in [0.2, 0.25) is 5.02 Å². The second-order valence-electron chi connectivity index (χ2n) is 6.02. The van der Waals surface area contributed by atoms with Crippen molar-refractivity contribution < 1.29 is 4.74 Å². The number of methoxy groups -OCH3 is 1. The Bertz CT molecular complexity index is 1330. The SMILES string of the molecule is COc1ccc(/C=c2/sc3nc(=O)c(Cc4ccccc4Cl)nn3c2=O)cc1. The summed E-state index contributed by atoms with van der Waals surface area (Å²) in [5, 5.41) is 4.78. The maximum absolute atomic E-state index is 12.7. The molecule has 4 aromatic rings. The summed E-state index contributed by atoms with van der Waals surface area (Å²) >= 11 is 7.29. The Hall–Kier alpha value is -3.03. The molecule has 0 atom stereocenters. The smallest absolute Gasteiger partial charge is 0.296 e. The molecule has 0 saturated carbocycles. The second kappa shape index (κ2) is 7.53. The minimum absolute atomic E-state index is 0.177. The fourth-order valence-electron chi connectivity index (χ4n) is 2.73. The summed E-state index contributed by atoms with van der Waals surface area (Å²) in [6, 6.07) is 14.5. The van der Waals surface area contributed by atoms with Gasteiger partial charge in [-0.2, -0.15) is 14.6 Å². The van der Waals surface area contributed by atoms with Crippen LogP contribution in [0.15, 0.2) is 58.1 Å². The van der Waals surface area contributed by atoms with E-state index >= 15 is 0 Å². The van der Waals surface area contributed by atoms with Crippen LogP contribution in [0.3, 0.4) is 0 Å². The highest BCUT2D eigenvalue weighted by atomic mass is 35.5. The molecular formula is C20H14ClN3O3S. The summed E-state index contributed by atoms with van der Waals surface area (Å²) in [6.07, 6.45) is 1.95. The van der Waals surface area contributed by atoms with Crippen LogP contribution in [0.1, 0.15) is 16.8 Å². The molecule has 28 heavy (non-hydrogen) atoms. The molecule has 2 aromatic heterocycles. The van der Waals surface area contributed by atoms with E-state index in [9.17, 15) is 9.59 Å². The van der Waals surface area contributed by atoms with E-state index in [-0.39, 0.29) is 22.6 Å². The monoisotopic (exact) mass is 411 g/mol. The molecule has 0 radical (unpaired) electrons. The topological polar surface area (TPSA) is 73.6 Å². The van der Waals surface area contributed by atoms with E-state index in [2.05, 4.69) is 10.1 Å². The Labute approximate surface area is 168 Å². The Morgan fingerprint density at radius 3 is 2.61 bits per heavy atom. The van der Waals surface area contributed by atoms with E-state index in [1.165, 1.54) is 4.52 Å². The van der Waals surface area contributed by atoms with Crippen LogP contribution in [-0.2, 0) is 6.42 Å². The van der Waals surface area contributed by atoms with Gasteiger partial charge in [-0.15, -0.1) is 0 Å². The van der Waals surface area contributed by atoms with Gasteiger partial charge in [0, 0.05) is 11.4 Å². The molecule has 2 heterocycles. The van der Waals surface area contributed by atoms with Gasteiger partial charge in [0.25, 0.3) is 11.1 Å². The molecule has 0 bridgehead atoms. The molecule has 0 aliphatic carbocycles. The predicted molar refractivity (Wildman–Crippen MR) is 109 cm³/mol. The third-order valence-corrected chi connectivity index (χ3v) is 5.51. The zero-order chi connectivity index (χ0) is 19.7. The van der Waals surface area contributed by atoms with Crippen LogP contribution < -0.4 is 20.4 Å². The van der Waals surface area contributed by atoms with Crippen molar-refractivity contribution in [1.82, 2.24) is 14.6 Å². The van der Waals surface area contributed by atoms with E-state index in [4.69, 9.17) is 16.3 Å². The Morgan fingerprint density at radius 1 is 1.14 bits per heavy atom. The lowest BCUT2D eigenvalue weighted by Gasteiger charge is -2.02. The first-order valence-electron chi connectivity index (χ1n) is 8.37. The summed E-state index contributed by atoms with van der Waals surface area (Å²) in [7, 11) is 1.59. The average Bonchev–Trinajstić information content (AvgIpc) is 2.99. The largest absolute Gasteiger partial charge is 0.497 e. The molecule has 140 valence electrons. The standard InChI is InChI=1S/C20H14ClN3O3S/c1-27-14-8-6-12(7-9-14)10-17-19(26)24-20(28-17)22-18(25)16(23-24)11-13-4-2-3-5-15(13)21/h2-10H,11H2,1H3/b17-10+. The van der Waals surface area contributed by atoms with E-state index in [1.807, 2.05) is 42.5 Å². The fraction of sp³-hybridized carbons (Fsp3) is 0.100. The summed E-state index contributed by atoms with van der Waals surface area (Å²) < 4.78 is 6.75. The lowest BCUT2D eigenvalue weighted by atomic mass is 10.1. The van der Waals surface area contributed by atoms with Crippen LogP contribution in [0.25, 0.3) is 11.0 Å². The van der Waals surface area contributed by atoms with E-state index in [1.54, 1.807) is 19.3 Å². The third-order valence-electron chi connectivity index (χ3n) is 4.18. The number of hydrogen-bond acceptors (Lipinski definition) is 6. The number of benzene rings is 2. The molecule has 0 unspecified atom stereocenters. The van der Waals surface area contributed by atoms with Gasteiger partial charge in [-0.25, -0.2) is 0 Å². The fourth-order valence-corrected chi connectivity index (χ4v) is 3.83. The molecule has 4 rings (SSSR count). The summed E-state index contributed by atoms with van der Waals surface area (Å²) in [5.41, 5.74) is 0.990. The quantitative estimate of drug-likeness (QED) is 0.515. The number of fused-ring (bicyclic) bond motifs is 1. The minimum atomic E-state index is -0.461. The molecule has 2 aromatic carbocycles. The van der Waals surface area contributed by atoms with Crippen LogP contribution in [0, 0.1) is 0 Å². The lowest BCUT2D eigenvalue weighted by molar-refractivity contribution is 0.415. The van der Waals surface area contributed by atoms with Crippen LogP contribution in [0.5, 0.6) is 5.75 Å². The van der Waals surface area contributed by atoms with Crippen LogP contribution in [0.4, 0.5) is 0 Å². The molecule has 0 amide bonds. The van der Waals surface area contributed by atoms with Crippen molar-refractivity contribution in [2.24, 2.45) is 0 Å². The van der Waals surface area contributed by atoms with Gasteiger partial charge in [0.05, 0.1) is 11.6 Å². The van der Waals surface area contributed by atoms with Crippen molar-refractivity contribution in [3.63, 3.8) is 0 Å². The predicted octanol–water partition coefficient (Wildman–Crippen LogP) is 2.31. The van der Waals surface area contributed by atoms with E-state index in [0.717, 1.165) is 28.2 Å². The third kappa shape index (κ3) is 3.54. The Kier molecular flexibility index (Phi) is 4.93.